The zero-order chi connectivity index (χ0) is 13.1. The maximum Gasteiger partial charge on any atom is 0.219 e. The third-order valence-corrected chi connectivity index (χ3v) is 4.24. The highest BCUT2D eigenvalue weighted by Crippen LogP contribution is 2.31. The van der Waals surface area contributed by atoms with Crippen LogP contribution in [0.15, 0.2) is 72.8 Å². The number of pyridine rings is 3. The lowest BCUT2D eigenvalue weighted by atomic mass is 9.99. The fourth-order valence-corrected chi connectivity index (χ4v) is 3.43. The van der Waals surface area contributed by atoms with Gasteiger partial charge in [0.25, 0.3) is 0 Å². The van der Waals surface area contributed by atoms with E-state index in [0.29, 0.717) is 0 Å². The summed E-state index contributed by atoms with van der Waals surface area (Å²) in [7, 11) is 0. The van der Waals surface area contributed by atoms with E-state index < -0.39 is 0 Å². The molecule has 0 fully saturated rings. The van der Waals surface area contributed by atoms with Gasteiger partial charge >= 0.3 is 0 Å². The van der Waals surface area contributed by atoms with Crippen molar-refractivity contribution in [1.82, 2.24) is 0 Å². The molecule has 3 heterocycles. The summed E-state index contributed by atoms with van der Waals surface area (Å²) >= 11 is 0. The van der Waals surface area contributed by atoms with E-state index >= 15 is 0 Å². The summed E-state index contributed by atoms with van der Waals surface area (Å²) in [5.41, 5.74) is 3.80. The molecule has 0 aliphatic carbocycles. The Hall–Kier alpha value is -2.67. The van der Waals surface area contributed by atoms with Gasteiger partial charge in [-0.05, 0) is 29.7 Å². The van der Waals surface area contributed by atoms with E-state index in [0.717, 1.165) is 0 Å². The molecule has 5 rings (SSSR count). The number of hydrogen-bond acceptors (Lipinski definition) is 0. The first kappa shape index (κ1) is 10.2. The lowest BCUT2D eigenvalue weighted by Gasteiger charge is -2.07. The Morgan fingerprint density at radius 3 is 1.70 bits per heavy atom. The summed E-state index contributed by atoms with van der Waals surface area (Å²) in [6, 6.07) is 26.2. The highest BCUT2D eigenvalue weighted by molar-refractivity contribution is 6.18. The normalized spacial score (nSPS) is 12.0. The molecule has 0 saturated carbocycles. The van der Waals surface area contributed by atoms with Gasteiger partial charge in [-0.15, -0.1) is 0 Å². The van der Waals surface area contributed by atoms with Crippen LogP contribution in [-0.4, -0.2) is 0 Å². The molecule has 0 saturated heterocycles. The highest BCUT2D eigenvalue weighted by atomic mass is 14.9. The monoisotopic (exact) mass is 254 g/mol. The Kier molecular flexibility index (Phi) is 1.75. The van der Waals surface area contributed by atoms with E-state index in [-0.39, 0.29) is 0 Å². The molecule has 2 aromatic carbocycles. The Labute approximate surface area is 116 Å². The fourth-order valence-electron chi connectivity index (χ4n) is 3.43. The van der Waals surface area contributed by atoms with E-state index in [1.54, 1.807) is 0 Å². The lowest BCUT2D eigenvalue weighted by molar-refractivity contribution is -0.450. The standard InChI is InChI=1S/C19H12N/c1-5-13-6-2-10-16-18-12-4-8-14-7-3-11-17(20(14)18)15(9-1)19(13)16/h1-12H/q+1. The maximum absolute atomic E-state index is 2.36. The van der Waals surface area contributed by atoms with Crippen molar-refractivity contribution in [1.29, 1.82) is 0 Å². The second kappa shape index (κ2) is 3.45. The molecule has 92 valence electrons. The second-order valence-corrected chi connectivity index (χ2v) is 5.29. The quantitative estimate of drug-likeness (QED) is 0.220. The topological polar surface area (TPSA) is 4.10 Å². The van der Waals surface area contributed by atoms with Gasteiger partial charge in [0.05, 0.1) is 10.8 Å². The number of rotatable bonds is 0. The molecule has 0 aliphatic heterocycles. The minimum absolute atomic E-state index is 1.24. The second-order valence-electron chi connectivity index (χ2n) is 5.29. The number of fused-ring (bicyclic) bond motifs is 2. The van der Waals surface area contributed by atoms with Crippen molar-refractivity contribution in [2.45, 2.75) is 0 Å². The van der Waals surface area contributed by atoms with Crippen molar-refractivity contribution in [3.8, 4) is 0 Å². The van der Waals surface area contributed by atoms with Crippen LogP contribution >= 0.6 is 0 Å². The molecule has 0 N–H and O–H groups in total. The molecule has 1 nitrogen and oxygen atoms in total. The van der Waals surface area contributed by atoms with Gasteiger partial charge in [0.1, 0.15) is 0 Å². The Bertz CT molecular complexity index is 923. The average molecular weight is 254 g/mol. The third kappa shape index (κ3) is 1.11. The van der Waals surface area contributed by atoms with Crippen molar-refractivity contribution in [3.63, 3.8) is 0 Å². The molecule has 20 heavy (non-hydrogen) atoms. The maximum atomic E-state index is 2.36. The first-order chi connectivity index (χ1) is 9.93. The van der Waals surface area contributed by atoms with Crippen molar-refractivity contribution in [3.05, 3.63) is 72.8 Å². The number of hydrogen-bond donors (Lipinski definition) is 0. The first-order valence-electron chi connectivity index (χ1n) is 6.90. The van der Waals surface area contributed by atoms with Crippen LogP contribution < -0.4 is 4.40 Å². The zero-order valence-electron chi connectivity index (χ0n) is 10.9. The zero-order valence-corrected chi connectivity index (χ0v) is 10.9. The van der Waals surface area contributed by atoms with Gasteiger partial charge in [-0.3, -0.25) is 0 Å². The lowest BCUT2D eigenvalue weighted by Crippen LogP contribution is -2.24. The summed E-state index contributed by atoms with van der Waals surface area (Å²) in [6.45, 7) is 0. The van der Waals surface area contributed by atoms with Gasteiger partial charge < -0.3 is 0 Å². The number of aromatic nitrogens is 1. The molecule has 0 unspecified atom stereocenters. The van der Waals surface area contributed by atoms with Crippen molar-refractivity contribution >= 4 is 38.1 Å². The summed E-state index contributed by atoms with van der Waals surface area (Å²) < 4.78 is 2.36. The fraction of sp³-hybridized carbons (Fsp3) is 0. The summed E-state index contributed by atoms with van der Waals surface area (Å²) in [5, 5.41) is 5.33. The van der Waals surface area contributed by atoms with E-state index in [1.165, 1.54) is 38.1 Å². The molecular weight excluding hydrogens is 242 g/mol. The molecule has 5 aromatic rings. The van der Waals surface area contributed by atoms with Gasteiger partial charge in [-0.25, -0.2) is 0 Å². The number of nitrogens with zero attached hydrogens (tertiary/aromatic N) is 1. The minimum Gasteiger partial charge on any atom is -0.153 e. The van der Waals surface area contributed by atoms with Crippen LogP contribution in [0.1, 0.15) is 0 Å². The van der Waals surface area contributed by atoms with E-state index in [9.17, 15) is 0 Å². The first-order valence-corrected chi connectivity index (χ1v) is 6.90. The van der Waals surface area contributed by atoms with Crippen molar-refractivity contribution in [2.24, 2.45) is 0 Å². The SMILES string of the molecule is c1cc2cccc3c2c(c1)c1cccc2cccc3[n+]21. The predicted octanol–water partition coefficient (Wildman–Crippen LogP) is 4.32. The van der Waals surface area contributed by atoms with Crippen LogP contribution in [-0.2, 0) is 0 Å². The molecule has 1 heteroatoms. The van der Waals surface area contributed by atoms with E-state index in [4.69, 9.17) is 0 Å². The van der Waals surface area contributed by atoms with Crippen molar-refractivity contribution < 1.29 is 4.40 Å². The molecule has 0 atom stereocenters. The Morgan fingerprint density at radius 1 is 0.550 bits per heavy atom. The van der Waals surface area contributed by atoms with Gasteiger partial charge in [-0.2, -0.15) is 4.40 Å². The van der Waals surface area contributed by atoms with E-state index in [1.807, 2.05) is 0 Å². The molecule has 3 aromatic heterocycles. The predicted molar refractivity (Wildman–Crippen MR) is 83.3 cm³/mol. The third-order valence-electron chi connectivity index (χ3n) is 4.24. The van der Waals surface area contributed by atoms with Crippen LogP contribution in [0.4, 0.5) is 0 Å². The smallest absolute Gasteiger partial charge is 0.153 e. The summed E-state index contributed by atoms with van der Waals surface area (Å²) in [4.78, 5) is 0. The van der Waals surface area contributed by atoms with Gasteiger partial charge in [0, 0.05) is 29.7 Å². The molecule has 0 spiro atoms. The van der Waals surface area contributed by atoms with Crippen LogP contribution in [0, 0.1) is 0 Å². The Morgan fingerprint density at radius 2 is 1.10 bits per heavy atom. The molecular formula is C19H12N+. The highest BCUT2D eigenvalue weighted by Gasteiger charge is 2.18. The Balaban J connectivity index is 2.32. The molecule has 0 amide bonds. The van der Waals surface area contributed by atoms with Gasteiger partial charge in [0.2, 0.25) is 16.6 Å². The van der Waals surface area contributed by atoms with Crippen LogP contribution in [0.3, 0.4) is 0 Å². The largest absolute Gasteiger partial charge is 0.219 e. The van der Waals surface area contributed by atoms with Crippen molar-refractivity contribution in [2.75, 3.05) is 0 Å². The molecule has 0 bridgehead atoms. The summed E-state index contributed by atoms with van der Waals surface area (Å²) in [5.74, 6) is 0. The minimum atomic E-state index is 1.24. The van der Waals surface area contributed by atoms with Gasteiger partial charge in [0.15, 0.2) is 0 Å². The number of benzene rings is 2. The molecule has 0 radical (unpaired) electrons. The van der Waals surface area contributed by atoms with Crippen LogP contribution in [0.5, 0.6) is 0 Å². The summed E-state index contributed by atoms with van der Waals surface area (Å²) in [6.07, 6.45) is 0. The van der Waals surface area contributed by atoms with Gasteiger partial charge in [-0.1, -0.05) is 24.3 Å². The van der Waals surface area contributed by atoms with E-state index in [2.05, 4.69) is 77.2 Å². The van der Waals surface area contributed by atoms with Crippen LogP contribution in [0.25, 0.3) is 38.1 Å². The molecule has 0 aliphatic rings. The van der Waals surface area contributed by atoms with Crippen LogP contribution in [0.2, 0.25) is 0 Å². The average Bonchev–Trinajstić information content (AvgIpc) is 2.52.